The van der Waals surface area contributed by atoms with Gasteiger partial charge in [0.1, 0.15) is 5.82 Å². The van der Waals surface area contributed by atoms with Gasteiger partial charge in [-0.3, -0.25) is 14.9 Å². The summed E-state index contributed by atoms with van der Waals surface area (Å²) in [5, 5.41) is 13.1. The van der Waals surface area contributed by atoms with Crippen LogP contribution in [0.3, 0.4) is 0 Å². The van der Waals surface area contributed by atoms with Gasteiger partial charge in [-0.25, -0.2) is 4.39 Å². The molecule has 0 fully saturated rings. The number of rotatable bonds is 3. The summed E-state index contributed by atoms with van der Waals surface area (Å²) in [6.07, 6.45) is 0. The number of nitro benzene ring substituents is 1. The van der Waals surface area contributed by atoms with Crippen LogP contribution in [0.15, 0.2) is 46.9 Å². The summed E-state index contributed by atoms with van der Waals surface area (Å²) < 4.78 is 13.4. The number of halogens is 2. The molecule has 0 bridgehead atoms. The quantitative estimate of drug-likeness (QED) is 0.684. The highest BCUT2D eigenvalue weighted by atomic mass is 79.9. The van der Waals surface area contributed by atoms with Gasteiger partial charge in [0.25, 0.3) is 11.6 Å². The van der Waals surface area contributed by atoms with E-state index in [0.717, 1.165) is 6.07 Å². The van der Waals surface area contributed by atoms with Gasteiger partial charge < -0.3 is 5.32 Å². The Bertz CT molecular complexity index is 691. The van der Waals surface area contributed by atoms with Crippen LogP contribution < -0.4 is 5.32 Å². The van der Waals surface area contributed by atoms with E-state index in [2.05, 4.69) is 21.2 Å². The maximum Gasteiger partial charge on any atom is 0.270 e. The molecule has 0 aliphatic heterocycles. The molecule has 2 aromatic carbocycles. The summed E-state index contributed by atoms with van der Waals surface area (Å²) in [6, 6.07) is 9.19. The van der Waals surface area contributed by atoms with Crippen LogP contribution in [-0.4, -0.2) is 10.8 Å². The molecule has 1 amide bonds. The number of hydrogen-bond acceptors (Lipinski definition) is 3. The summed E-state index contributed by atoms with van der Waals surface area (Å²) in [6.45, 7) is 0. The molecule has 5 nitrogen and oxygen atoms in total. The van der Waals surface area contributed by atoms with E-state index in [1.165, 1.54) is 36.4 Å². The lowest BCUT2D eigenvalue weighted by molar-refractivity contribution is -0.384. The van der Waals surface area contributed by atoms with Gasteiger partial charge in [0.2, 0.25) is 0 Å². The van der Waals surface area contributed by atoms with Crippen molar-refractivity contribution in [3.05, 3.63) is 68.4 Å². The number of carbonyl (C=O) groups is 1. The molecular formula is C13H8BrFN2O3. The maximum atomic E-state index is 13.0. The summed E-state index contributed by atoms with van der Waals surface area (Å²) >= 11 is 3.14. The van der Waals surface area contributed by atoms with E-state index < -0.39 is 16.6 Å². The second kappa shape index (κ2) is 5.79. The van der Waals surface area contributed by atoms with Gasteiger partial charge in [0.15, 0.2) is 0 Å². The minimum atomic E-state index is -0.539. The second-order valence-corrected chi connectivity index (χ2v) is 4.74. The molecule has 20 heavy (non-hydrogen) atoms. The van der Waals surface area contributed by atoms with Gasteiger partial charge in [0, 0.05) is 22.2 Å². The number of anilines is 1. The first-order valence-electron chi connectivity index (χ1n) is 5.48. The number of non-ortho nitro benzene ring substituents is 1. The molecule has 0 unspecified atom stereocenters. The van der Waals surface area contributed by atoms with Crippen LogP contribution in [0, 0.1) is 15.9 Å². The molecule has 0 saturated carbocycles. The molecule has 0 spiro atoms. The Morgan fingerprint density at radius 2 is 2.00 bits per heavy atom. The number of nitro groups is 1. The van der Waals surface area contributed by atoms with Crippen molar-refractivity contribution in [1.82, 2.24) is 0 Å². The average molecular weight is 339 g/mol. The molecule has 2 aromatic rings. The molecule has 0 aliphatic rings. The summed E-state index contributed by atoms with van der Waals surface area (Å²) in [5.74, 6) is -1.01. The Morgan fingerprint density at radius 1 is 1.25 bits per heavy atom. The summed E-state index contributed by atoms with van der Waals surface area (Å²) in [5.41, 5.74) is 0.431. The molecule has 0 atom stereocenters. The first kappa shape index (κ1) is 14.1. The van der Waals surface area contributed by atoms with E-state index in [-0.39, 0.29) is 11.3 Å². The van der Waals surface area contributed by atoms with Gasteiger partial charge in [0.05, 0.1) is 10.6 Å². The Balaban J connectivity index is 2.22. The molecule has 7 heteroatoms. The van der Waals surface area contributed by atoms with Gasteiger partial charge in [-0.15, -0.1) is 0 Å². The SMILES string of the molecule is O=C(Nc1ccc([N+](=O)[O-])cc1Br)c1cccc(F)c1. The minimum Gasteiger partial charge on any atom is -0.321 e. The van der Waals surface area contributed by atoms with Gasteiger partial charge in [-0.1, -0.05) is 6.07 Å². The van der Waals surface area contributed by atoms with E-state index in [0.29, 0.717) is 10.2 Å². The first-order valence-corrected chi connectivity index (χ1v) is 6.27. The van der Waals surface area contributed by atoms with Crippen LogP contribution in [0.5, 0.6) is 0 Å². The predicted molar refractivity (Wildman–Crippen MR) is 75.1 cm³/mol. The highest BCUT2D eigenvalue weighted by Crippen LogP contribution is 2.27. The third kappa shape index (κ3) is 3.18. The highest BCUT2D eigenvalue weighted by Gasteiger charge is 2.12. The van der Waals surface area contributed by atoms with Crippen molar-refractivity contribution in [2.75, 3.05) is 5.32 Å². The topological polar surface area (TPSA) is 72.2 Å². The Morgan fingerprint density at radius 3 is 2.60 bits per heavy atom. The van der Waals surface area contributed by atoms with Crippen LogP contribution in [0.4, 0.5) is 15.8 Å². The molecule has 2 rings (SSSR count). The van der Waals surface area contributed by atoms with Crippen molar-refractivity contribution in [2.45, 2.75) is 0 Å². The van der Waals surface area contributed by atoms with Gasteiger partial charge in [-0.05, 0) is 40.2 Å². The zero-order valence-electron chi connectivity index (χ0n) is 9.97. The average Bonchev–Trinajstić information content (AvgIpc) is 2.40. The lowest BCUT2D eigenvalue weighted by atomic mass is 10.2. The largest absolute Gasteiger partial charge is 0.321 e. The fourth-order valence-corrected chi connectivity index (χ4v) is 2.01. The van der Waals surface area contributed by atoms with Crippen molar-refractivity contribution >= 4 is 33.2 Å². The zero-order chi connectivity index (χ0) is 14.7. The van der Waals surface area contributed by atoms with Crippen LogP contribution in [-0.2, 0) is 0 Å². The van der Waals surface area contributed by atoms with E-state index in [9.17, 15) is 19.3 Å². The van der Waals surface area contributed by atoms with E-state index in [1.54, 1.807) is 0 Å². The van der Waals surface area contributed by atoms with Crippen molar-refractivity contribution in [2.24, 2.45) is 0 Å². The predicted octanol–water partition coefficient (Wildman–Crippen LogP) is 3.75. The molecule has 0 saturated heterocycles. The fraction of sp³-hybridized carbons (Fsp3) is 0. The number of benzene rings is 2. The van der Waals surface area contributed by atoms with E-state index >= 15 is 0 Å². The molecule has 0 aliphatic carbocycles. The van der Waals surface area contributed by atoms with Crippen molar-refractivity contribution in [1.29, 1.82) is 0 Å². The van der Waals surface area contributed by atoms with Crippen LogP contribution >= 0.6 is 15.9 Å². The minimum absolute atomic E-state index is 0.0966. The Kier molecular flexibility index (Phi) is 4.09. The van der Waals surface area contributed by atoms with Crippen molar-refractivity contribution in [3.8, 4) is 0 Å². The second-order valence-electron chi connectivity index (χ2n) is 3.89. The molecular weight excluding hydrogens is 331 g/mol. The lowest BCUT2D eigenvalue weighted by Crippen LogP contribution is -2.12. The number of amides is 1. The van der Waals surface area contributed by atoms with E-state index in [4.69, 9.17) is 0 Å². The lowest BCUT2D eigenvalue weighted by Gasteiger charge is -2.07. The molecule has 0 heterocycles. The third-order valence-corrected chi connectivity index (χ3v) is 3.15. The van der Waals surface area contributed by atoms with Crippen LogP contribution in [0.2, 0.25) is 0 Å². The molecule has 1 N–H and O–H groups in total. The zero-order valence-corrected chi connectivity index (χ0v) is 11.6. The van der Waals surface area contributed by atoms with Gasteiger partial charge >= 0.3 is 0 Å². The number of nitrogens with one attached hydrogen (secondary N) is 1. The van der Waals surface area contributed by atoms with E-state index in [1.807, 2.05) is 0 Å². The highest BCUT2D eigenvalue weighted by molar-refractivity contribution is 9.10. The summed E-state index contributed by atoms with van der Waals surface area (Å²) in [7, 11) is 0. The fourth-order valence-electron chi connectivity index (χ4n) is 1.54. The monoisotopic (exact) mass is 338 g/mol. The maximum absolute atomic E-state index is 13.0. The molecule has 102 valence electrons. The number of hydrogen-bond donors (Lipinski definition) is 1. The number of carbonyl (C=O) groups excluding carboxylic acids is 1. The van der Waals surface area contributed by atoms with Crippen LogP contribution in [0.25, 0.3) is 0 Å². The number of nitrogens with zero attached hydrogens (tertiary/aromatic N) is 1. The van der Waals surface area contributed by atoms with Crippen molar-refractivity contribution in [3.63, 3.8) is 0 Å². The first-order chi connectivity index (χ1) is 9.47. The molecule has 0 radical (unpaired) electrons. The molecule has 0 aromatic heterocycles. The van der Waals surface area contributed by atoms with Gasteiger partial charge in [-0.2, -0.15) is 0 Å². The third-order valence-electron chi connectivity index (χ3n) is 2.50. The normalized spacial score (nSPS) is 10.1. The smallest absolute Gasteiger partial charge is 0.270 e. The van der Waals surface area contributed by atoms with Crippen LogP contribution in [0.1, 0.15) is 10.4 Å². The standard InChI is InChI=1S/C13H8BrFN2O3/c14-11-7-10(17(19)20)4-5-12(11)16-13(18)8-2-1-3-9(15)6-8/h1-7H,(H,16,18). The van der Waals surface area contributed by atoms with Crippen molar-refractivity contribution < 1.29 is 14.1 Å². The Labute approximate surface area is 121 Å². The Hall–Kier alpha value is -2.28. The summed E-state index contributed by atoms with van der Waals surface area (Å²) in [4.78, 5) is 22.0.